The zero-order valence-electron chi connectivity index (χ0n) is 16.8. The van der Waals surface area contributed by atoms with E-state index in [2.05, 4.69) is 10.1 Å². The SMILES string of the molecule is COc1ccc(S(=O)(=O)N(C)c2ccccc2OC(F)F)cc1C12CNCCC1C2. The van der Waals surface area contributed by atoms with Crippen LogP contribution in [0.5, 0.6) is 11.5 Å². The maximum atomic E-state index is 13.3. The molecule has 1 saturated heterocycles. The van der Waals surface area contributed by atoms with Crippen molar-refractivity contribution in [1.29, 1.82) is 0 Å². The van der Waals surface area contributed by atoms with Crippen LogP contribution in [-0.2, 0) is 15.4 Å². The van der Waals surface area contributed by atoms with Crippen molar-refractivity contribution in [2.24, 2.45) is 5.92 Å². The van der Waals surface area contributed by atoms with E-state index in [1.807, 2.05) is 0 Å². The van der Waals surface area contributed by atoms with E-state index in [4.69, 9.17) is 4.74 Å². The molecule has 4 rings (SSSR count). The van der Waals surface area contributed by atoms with Crippen LogP contribution in [0.25, 0.3) is 0 Å². The van der Waals surface area contributed by atoms with E-state index in [0.717, 1.165) is 35.8 Å². The molecule has 0 aromatic heterocycles. The first-order valence-corrected chi connectivity index (χ1v) is 11.2. The molecular weight excluding hydrogens is 414 g/mol. The van der Waals surface area contributed by atoms with Crippen molar-refractivity contribution in [3.63, 3.8) is 0 Å². The number of piperidine rings is 1. The molecule has 2 aliphatic rings. The summed E-state index contributed by atoms with van der Waals surface area (Å²) < 4.78 is 63.2. The Morgan fingerprint density at radius 1 is 1.20 bits per heavy atom. The van der Waals surface area contributed by atoms with E-state index in [-0.39, 0.29) is 21.7 Å². The maximum Gasteiger partial charge on any atom is 0.387 e. The average molecular weight is 438 g/mol. The van der Waals surface area contributed by atoms with Gasteiger partial charge in [0, 0.05) is 24.6 Å². The largest absolute Gasteiger partial charge is 0.496 e. The predicted octanol–water partition coefficient (Wildman–Crippen LogP) is 3.37. The van der Waals surface area contributed by atoms with Crippen molar-refractivity contribution in [1.82, 2.24) is 5.32 Å². The van der Waals surface area contributed by atoms with Gasteiger partial charge in [0.05, 0.1) is 17.7 Å². The van der Waals surface area contributed by atoms with Crippen LogP contribution < -0.4 is 19.1 Å². The van der Waals surface area contributed by atoms with Crippen molar-refractivity contribution in [3.05, 3.63) is 48.0 Å². The number of rotatable bonds is 7. The smallest absolute Gasteiger partial charge is 0.387 e. The molecule has 1 aliphatic heterocycles. The topological polar surface area (TPSA) is 67.9 Å². The van der Waals surface area contributed by atoms with E-state index in [1.54, 1.807) is 25.3 Å². The molecule has 0 bridgehead atoms. The lowest BCUT2D eigenvalue weighted by atomic mass is 9.89. The van der Waals surface area contributed by atoms with Gasteiger partial charge in [-0.2, -0.15) is 8.78 Å². The van der Waals surface area contributed by atoms with Crippen LogP contribution in [0, 0.1) is 5.92 Å². The highest BCUT2D eigenvalue weighted by Gasteiger charge is 2.57. The molecule has 30 heavy (non-hydrogen) atoms. The molecule has 0 spiro atoms. The minimum absolute atomic E-state index is 0.0389. The van der Waals surface area contributed by atoms with Gasteiger partial charge in [-0.05, 0) is 55.6 Å². The Hall–Kier alpha value is -2.39. The summed E-state index contributed by atoms with van der Waals surface area (Å²) in [7, 11) is -1.11. The fraction of sp³-hybridized carbons (Fsp3) is 0.429. The van der Waals surface area contributed by atoms with Gasteiger partial charge in [0.2, 0.25) is 0 Å². The number of halogens is 2. The number of alkyl halides is 2. The summed E-state index contributed by atoms with van der Waals surface area (Å²) in [6, 6.07) is 10.6. The second-order valence-corrected chi connectivity index (χ2v) is 9.67. The molecule has 2 aromatic rings. The standard InChI is InChI=1S/C21H24F2N2O4S/c1-25(17-5-3-4-6-19(17)29-20(22)23)30(26,27)15-7-8-18(28-2)16(11-15)21-12-14(21)9-10-24-13-21/h3-8,11,14,20,24H,9-10,12-13H2,1-2H3. The van der Waals surface area contributed by atoms with Crippen LogP contribution in [0.1, 0.15) is 18.4 Å². The average Bonchev–Trinajstić information content (AvgIpc) is 3.48. The minimum atomic E-state index is -4.01. The number of anilines is 1. The zero-order valence-corrected chi connectivity index (χ0v) is 17.6. The Morgan fingerprint density at radius 3 is 2.67 bits per heavy atom. The summed E-state index contributed by atoms with van der Waals surface area (Å²) in [6.07, 6.45) is 2.03. The third-order valence-corrected chi connectivity index (χ3v) is 7.90. The van der Waals surface area contributed by atoms with Crippen LogP contribution in [0.2, 0.25) is 0 Å². The lowest BCUT2D eigenvalue weighted by Gasteiger charge is -2.27. The number of ether oxygens (including phenoxy) is 2. The normalized spacial score (nSPS) is 23.0. The van der Waals surface area contributed by atoms with E-state index in [0.29, 0.717) is 11.7 Å². The molecule has 2 fully saturated rings. The third-order valence-electron chi connectivity index (χ3n) is 6.13. The number of nitrogens with one attached hydrogen (secondary N) is 1. The summed E-state index contributed by atoms with van der Waals surface area (Å²) >= 11 is 0. The third kappa shape index (κ3) is 3.50. The van der Waals surface area contributed by atoms with Crippen molar-refractivity contribution >= 4 is 15.7 Å². The first kappa shape index (κ1) is 20.9. The maximum absolute atomic E-state index is 13.3. The fourth-order valence-electron chi connectivity index (χ4n) is 4.43. The van der Waals surface area contributed by atoms with Gasteiger partial charge < -0.3 is 14.8 Å². The van der Waals surface area contributed by atoms with Crippen molar-refractivity contribution in [2.75, 3.05) is 31.6 Å². The van der Waals surface area contributed by atoms with Crippen LogP contribution in [0.4, 0.5) is 14.5 Å². The quantitative estimate of drug-likeness (QED) is 0.718. The molecule has 2 aromatic carbocycles. The van der Waals surface area contributed by atoms with E-state index in [9.17, 15) is 17.2 Å². The first-order chi connectivity index (χ1) is 14.3. The Labute approximate surface area is 174 Å². The summed E-state index contributed by atoms with van der Waals surface area (Å²) in [5.41, 5.74) is 0.787. The minimum Gasteiger partial charge on any atom is -0.496 e. The lowest BCUT2D eigenvalue weighted by Crippen LogP contribution is -2.35. The van der Waals surface area contributed by atoms with Gasteiger partial charge in [-0.3, -0.25) is 4.31 Å². The van der Waals surface area contributed by atoms with Crippen LogP contribution in [-0.4, -0.2) is 42.3 Å². The molecule has 0 amide bonds. The highest BCUT2D eigenvalue weighted by Crippen LogP contribution is 2.59. The highest BCUT2D eigenvalue weighted by molar-refractivity contribution is 7.92. The van der Waals surface area contributed by atoms with E-state index >= 15 is 0 Å². The van der Waals surface area contributed by atoms with Gasteiger partial charge in [-0.25, -0.2) is 8.42 Å². The van der Waals surface area contributed by atoms with Crippen LogP contribution in [0.15, 0.2) is 47.4 Å². The summed E-state index contributed by atoms with van der Waals surface area (Å²) in [4.78, 5) is 0.0817. The second kappa shape index (κ2) is 7.70. The van der Waals surface area contributed by atoms with Gasteiger partial charge in [0.25, 0.3) is 10.0 Å². The Bertz CT molecular complexity index is 1050. The number of hydrogen-bond donors (Lipinski definition) is 1. The second-order valence-electron chi connectivity index (χ2n) is 7.70. The molecule has 6 nitrogen and oxygen atoms in total. The van der Waals surface area contributed by atoms with Gasteiger partial charge in [0.1, 0.15) is 11.5 Å². The lowest BCUT2D eigenvalue weighted by molar-refractivity contribution is -0.0494. The number of sulfonamides is 1. The molecular formula is C21H24F2N2O4S. The number of para-hydroxylation sites is 2. The fourth-order valence-corrected chi connectivity index (χ4v) is 5.66. The summed E-state index contributed by atoms with van der Waals surface area (Å²) in [6.45, 7) is -1.33. The van der Waals surface area contributed by atoms with Crippen molar-refractivity contribution in [2.45, 2.75) is 29.8 Å². The molecule has 0 radical (unpaired) electrons. The predicted molar refractivity (Wildman–Crippen MR) is 109 cm³/mol. The Kier molecular flexibility index (Phi) is 5.36. The van der Waals surface area contributed by atoms with Crippen molar-refractivity contribution < 1.29 is 26.7 Å². The molecule has 2 unspecified atom stereocenters. The van der Waals surface area contributed by atoms with E-state index < -0.39 is 16.6 Å². The molecule has 1 N–H and O–H groups in total. The van der Waals surface area contributed by atoms with Gasteiger partial charge in [0.15, 0.2) is 0 Å². The Balaban J connectivity index is 1.73. The number of hydrogen-bond acceptors (Lipinski definition) is 5. The Morgan fingerprint density at radius 2 is 1.97 bits per heavy atom. The number of nitrogens with zero attached hydrogens (tertiary/aromatic N) is 1. The number of benzene rings is 2. The highest BCUT2D eigenvalue weighted by atomic mass is 32.2. The van der Waals surface area contributed by atoms with Gasteiger partial charge >= 0.3 is 6.61 Å². The number of methoxy groups -OCH3 is 1. The summed E-state index contributed by atoms with van der Waals surface area (Å²) in [5.74, 6) is 0.956. The molecule has 2 atom stereocenters. The molecule has 1 saturated carbocycles. The zero-order chi connectivity index (χ0) is 21.5. The van der Waals surface area contributed by atoms with Gasteiger partial charge in [-0.1, -0.05) is 12.1 Å². The van der Waals surface area contributed by atoms with E-state index in [1.165, 1.54) is 31.3 Å². The molecule has 1 heterocycles. The van der Waals surface area contributed by atoms with Gasteiger partial charge in [-0.15, -0.1) is 0 Å². The first-order valence-electron chi connectivity index (χ1n) is 9.71. The molecule has 9 heteroatoms. The monoisotopic (exact) mass is 438 g/mol. The van der Waals surface area contributed by atoms with Crippen LogP contribution >= 0.6 is 0 Å². The van der Waals surface area contributed by atoms with Crippen molar-refractivity contribution in [3.8, 4) is 11.5 Å². The number of fused-ring (bicyclic) bond motifs is 1. The molecule has 162 valence electrons. The summed E-state index contributed by atoms with van der Waals surface area (Å²) in [5, 5.41) is 3.40. The van der Waals surface area contributed by atoms with Crippen LogP contribution in [0.3, 0.4) is 0 Å². The molecule has 1 aliphatic carbocycles.